The third-order valence-electron chi connectivity index (χ3n) is 2.27. The molecule has 1 heterocycles. The quantitative estimate of drug-likeness (QED) is 0.578. The average Bonchev–Trinajstić information content (AvgIpc) is 2.78. The van der Waals surface area contributed by atoms with Gasteiger partial charge in [0.25, 0.3) is 0 Å². The second-order valence-corrected chi connectivity index (χ2v) is 3.49. The molecule has 2 rings (SSSR count). The van der Waals surface area contributed by atoms with E-state index in [2.05, 4.69) is 10.6 Å². The highest BCUT2D eigenvalue weighted by Crippen LogP contribution is 2.29. The van der Waals surface area contributed by atoms with Gasteiger partial charge in [0.2, 0.25) is 11.8 Å². The van der Waals surface area contributed by atoms with Gasteiger partial charge in [-0.25, -0.2) is 0 Å². The molecule has 1 aliphatic carbocycles. The fraction of sp³-hybridized carbons (Fsp3) is 0.750. The number of amides is 2. The van der Waals surface area contributed by atoms with Crippen molar-refractivity contribution < 1.29 is 9.59 Å². The molecule has 0 aromatic carbocycles. The minimum atomic E-state index is 0.0330. The zero-order valence-corrected chi connectivity index (χ0v) is 6.80. The lowest BCUT2D eigenvalue weighted by Gasteiger charge is -2.08. The third-order valence-corrected chi connectivity index (χ3v) is 2.27. The first-order valence-electron chi connectivity index (χ1n) is 4.33. The maximum atomic E-state index is 11.2. The highest BCUT2D eigenvalue weighted by molar-refractivity contribution is 5.84. The van der Waals surface area contributed by atoms with Gasteiger partial charge in [-0.15, -0.1) is 0 Å². The minimum absolute atomic E-state index is 0.0330. The van der Waals surface area contributed by atoms with E-state index in [0.29, 0.717) is 13.0 Å². The van der Waals surface area contributed by atoms with Crippen LogP contribution in [0.15, 0.2) is 0 Å². The predicted octanol–water partition coefficient (Wildman–Crippen LogP) is -0.599. The van der Waals surface area contributed by atoms with E-state index >= 15 is 0 Å². The van der Waals surface area contributed by atoms with E-state index in [1.54, 1.807) is 0 Å². The minimum Gasteiger partial charge on any atom is -0.354 e. The molecule has 2 N–H and O–H groups in total. The van der Waals surface area contributed by atoms with Crippen LogP contribution in [0.4, 0.5) is 0 Å². The zero-order valence-electron chi connectivity index (χ0n) is 6.80. The highest BCUT2D eigenvalue weighted by atomic mass is 16.2. The van der Waals surface area contributed by atoms with Gasteiger partial charge < -0.3 is 10.6 Å². The Kier molecular flexibility index (Phi) is 1.75. The maximum absolute atomic E-state index is 11.2. The van der Waals surface area contributed by atoms with Gasteiger partial charge in [-0.2, -0.15) is 0 Å². The molecule has 0 spiro atoms. The van der Waals surface area contributed by atoms with Crippen molar-refractivity contribution in [3.63, 3.8) is 0 Å². The molecule has 0 aromatic rings. The zero-order chi connectivity index (χ0) is 8.55. The van der Waals surface area contributed by atoms with Crippen molar-refractivity contribution in [3.05, 3.63) is 0 Å². The van der Waals surface area contributed by atoms with E-state index < -0.39 is 0 Å². The Hall–Kier alpha value is -1.06. The molecular weight excluding hydrogens is 156 g/mol. The van der Waals surface area contributed by atoms with Gasteiger partial charge in [0.05, 0.1) is 6.04 Å². The van der Waals surface area contributed by atoms with E-state index in [1.165, 1.54) is 0 Å². The summed E-state index contributed by atoms with van der Waals surface area (Å²) >= 11 is 0. The molecule has 2 fully saturated rings. The van der Waals surface area contributed by atoms with Crippen molar-refractivity contribution in [1.82, 2.24) is 10.6 Å². The Morgan fingerprint density at radius 3 is 2.75 bits per heavy atom. The first-order chi connectivity index (χ1) is 5.75. The highest BCUT2D eigenvalue weighted by Gasteiger charge is 2.32. The SMILES string of the molecule is O=C1CC(NC(=O)C2CC2)CN1. The van der Waals surface area contributed by atoms with E-state index in [9.17, 15) is 9.59 Å². The second-order valence-electron chi connectivity index (χ2n) is 3.49. The van der Waals surface area contributed by atoms with Gasteiger partial charge >= 0.3 is 0 Å². The second kappa shape index (κ2) is 2.77. The molecule has 1 atom stereocenters. The van der Waals surface area contributed by atoms with Gasteiger partial charge in [-0.05, 0) is 12.8 Å². The molecule has 1 saturated carbocycles. The Labute approximate surface area is 70.7 Å². The van der Waals surface area contributed by atoms with Crippen LogP contribution in [0.5, 0.6) is 0 Å². The lowest BCUT2D eigenvalue weighted by atomic mass is 10.2. The Bertz CT molecular complexity index is 223. The van der Waals surface area contributed by atoms with Crippen LogP contribution in [0.2, 0.25) is 0 Å². The molecule has 12 heavy (non-hydrogen) atoms. The summed E-state index contributed by atoms with van der Waals surface area (Å²) in [5.74, 6) is 0.397. The molecule has 2 amide bonds. The van der Waals surface area contributed by atoms with Crippen molar-refractivity contribution in [2.45, 2.75) is 25.3 Å². The summed E-state index contributed by atoms with van der Waals surface area (Å²) in [7, 11) is 0. The van der Waals surface area contributed by atoms with Gasteiger partial charge in [0, 0.05) is 18.9 Å². The van der Waals surface area contributed by atoms with Crippen molar-refractivity contribution in [3.8, 4) is 0 Å². The van der Waals surface area contributed by atoms with Crippen LogP contribution in [-0.2, 0) is 9.59 Å². The summed E-state index contributed by atoms with van der Waals surface area (Å²) in [4.78, 5) is 22.0. The molecule has 1 aliphatic heterocycles. The van der Waals surface area contributed by atoms with Crippen molar-refractivity contribution >= 4 is 11.8 Å². The largest absolute Gasteiger partial charge is 0.354 e. The summed E-state index contributed by atoms with van der Waals surface area (Å²) in [6.07, 6.45) is 2.47. The average molecular weight is 168 g/mol. The lowest BCUT2D eigenvalue weighted by molar-refractivity contribution is -0.122. The number of hydrogen-bond acceptors (Lipinski definition) is 2. The van der Waals surface area contributed by atoms with Crippen LogP contribution in [0.1, 0.15) is 19.3 Å². The Morgan fingerprint density at radius 1 is 1.50 bits per heavy atom. The normalized spacial score (nSPS) is 28.3. The fourth-order valence-electron chi connectivity index (χ4n) is 1.37. The fourth-order valence-corrected chi connectivity index (χ4v) is 1.37. The van der Waals surface area contributed by atoms with Crippen LogP contribution < -0.4 is 10.6 Å². The predicted molar refractivity (Wildman–Crippen MR) is 42.3 cm³/mol. The number of carbonyl (C=O) groups excluding carboxylic acids is 2. The first-order valence-corrected chi connectivity index (χ1v) is 4.33. The van der Waals surface area contributed by atoms with E-state index in [-0.39, 0.29) is 23.8 Å². The van der Waals surface area contributed by atoms with Crippen LogP contribution in [0.3, 0.4) is 0 Å². The molecule has 0 radical (unpaired) electrons. The summed E-state index contributed by atoms with van der Waals surface area (Å²) in [5.41, 5.74) is 0. The summed E-state index contributed by atoms with van der Waals surface area (Å²) in [6.45, 7) is 0.595. The van der Waals surface area contributed by atoms with Gasteiger partial charge in [-0.1, -0.05) is 0 Å². The molecule has 1 unspecified atom stereocenters. The first kappa shape index (κ1) is 7.58. The Balaban J connectivity index is 1.78. The molecule has 0 aromatic heterocycles. The van der Waals surface area contributed by atoms with Gasteiger partial charge in [0.1, 0.15) is 0 Å². The van der Waals surface area contributed by atoms with Crippen LogP contribution >= 0.6 is 0 Å². The molecule has 4 heteroatoms. The van der Waals surface area contributed by atoms with Crippen molar-refractivity contribution in [2.75, 3.05) is 6.54 Å². The molecule has 2 aliphatic rings. The molecule has 66 valence electrons. The molecular formula is C8H12N2O2. The standard InChI is InChI=1S/C8H12N2O2/c11-7-3-6(4-9-7)10-8(12)5-1-2-5/h5-6H,1-4H2,(H,9,11)(H,10,12). The molecule has 1 saturated heterocycles. The van der Waals surface area contributed by atoms with Crippen LogP contribution in [-0.4, -0.2) is 24.4 Å². The van der Waals surface area contributed by atoms with Crippen LogP contribution in [0, 0.1) is 5.92 Å². The van der Waals surface area contributed by atoms with Gasteiger partial charge in [-0.3, -0.25) is 9.59 Å². The molecule has 4 nitrogen and oxygen atoms in total. The lowest BCUT2D eigenvalue weighted by Crippen LogP contribution is -2.37. The maximum Gasteiger partial charge on any atom is 0.223 e. The van der Waals surface area contributed by atoms with E-state index in [4.69, 9.17) is 0 Å². The monoisotopic (exact) mass is 168 g/mol. The number of hydrogen-bond donors (Lipinski definition) is 2. The summed E-state index contributed by atoms with van der Waals surface area (Å²) in [6, 6.07) is 0.0330. The summed E-state index contributed by atoms with van der Waals surface area (Å²) in [5, 5.41) is 5.53. The van der Waals surface area contributed by atoms with Crippen molar-refractivity contribution in [1.29, 1.82) is 0 Å². The topological polar surface area (TPSA) is 58.2 Å². The van der Waals surface area contributed by atoms with E-state index in [0.717, 1.165) is 12.8 Å². The van der Waals surface area contributed by atoms with E-state index in [1.807, 2.05) is 0 Å². The van der Waals surface area contributed by atoms with Gasteiger partial charge in [0.15, 0.2) is 0 Å². The number of nitrogens with one attached hydrogen (secondary N) is 2. The van der Waals surface area contributed by atoms with Crippen LogP contribution in [0.25, 0.3) is 0 Å². The summed E-state index contributed by atoms with van der Waals surface area (Å²) < 4.78 is 0. The number of carbonyl (C=O) groups is 2. The number of rotatable bonds is 2. The van der Waals surface area contributed by atoms with Crippen molar-refractivity contribution in [2.24, 2.45) is 5.92 Å². The third kappa shape index (κ3) is 1.57. The molecule has 0 bridgehead atoms. The Morgan fingerprint density at radius 2 is 2.25 bits per heavy atom. The smallest absolute Gasteiger partial charge is 0.223 e.